The molecular weight excluding hydrogens is 483 g/mol. The summed E-state index contributed by atoms with van der Waals surface area (Å²) in [5.41, 5.74) is 3.41. The zero-order valence-corrected chi connectivity index (χ0v) is 21.2. The number of aryl methyl sites for hydroxylation is 1. The van der Waals surface area contributed by atoms with Crippen LogP contribution in [0.5, 0.6) is 11.6 Å². The van der Waals surface area contributed by atoms with Gasteiger partial charge in [0.2, 0.25) is 11.8 Å². The lowest BCUT2D eigenvalue weighted by molar-refractivity contribution is -0.186. The summed E-state index contributed by atoms with van der Waals surface area (Å²) in [5, 5.41) is 1.07. The summed E-state index contributed by atoms with van der Waals surface area (Å²) in [7, 11) is 1.66. The fraction of sp³-hybridized carbons (Fsp3) is 0.536. The molecule has 2 aromatic heterocycles. The number of rotatable bonds is 7. The maximum absolute atomic E-state index is 15.1. The summed E-state index contributed by atoms with van der Waals surface area (Å²) in [6, 6.07) is 5.27. The molecule has 198 valence electrons. The molecule has 37 heavy (non-hydrogen) atoms. The molecule has 3 aromatic rings. The highest BCUT2D eigenvalue weighted by Gasteiger charge is 2.58. The zero-order valence-electron chi connectivity index (χ0n) is 21.2. The fourth-order valence-electron chi connectivity index (χ4n) is 6.35. The van der Waals surface area contributed by atoms with Crippen LogP contribution in [-0.2, 0) is 11.3 Å². The van der Waals surface area contributed by atoms with Crippen molar-refractivity contribution in [2.45, 2.75) is 51.1 Å². The molecule has 9 heteroatoms. The minimum Gasteiger partial charge on any atom is -0.496 e. The van der Waals surface area contributed by atoms with Crippen molar-refractivity contribution in [1.29, 1.82) is 0 Å². The Kier molecular flexibility index (Phi) is 6.11. The highest BCUT2D eigenvalue weighted by atomic mass is 19.3. The molecule has 6 nitrogen and oxygen atoms in total. The van der Waals surface area contributed by atoms with Crippen LogP contribution in [0.25, 0.3) is 10.9 Å². The number of piperidine rings is 1. The van der Waals surface area contributed by atoms with Gasteiger partial charge in [0.05, 0.1) is 26.9 Å². The van der Waals surface area contributed by atoms with E-state index in [1.54, 1.807) is 13.3 Å². The van der Waals surface area contributed by atoms with Crippen molar-refractivity contribution in [1.82, 2.24) is 14.9 Å². The van der Waals surface area contributed by atoms with Gasteiger partial charge in [-0.3, -0.25) is 4.90 Å². The van der Waals surface area contributed by atoms with E-state index in [-0.39, 0.29) is 30.7 Å². The van der Waals surface area contributed by atoms with Crippen molar-refractivity contribution in [3.05, 3.63) is 53.1 Å². The average Bonchev–Trinajstić information content (AvgIpc) is 3.31. The van der Waals surface area contributed by atoms with Gasteiger partial charge >= 0.3 is 0 Å². The largest absolute Gasteiger partial charge is 0.496 e. The smallest absolute Gasteiger partial charge is 0.250 e. The lowest BCUT2D eigenvalue weighted by Gasteiger charge is -2.54. The summed E-state index contributed by atoms with van der Waals surface area (Å²) < 4.78 is 59.5. The van der Waals surface area contributed by atoms with E-state index < -0.39 is 17.2 Å². The Bertz CT molecular complexity index is 1300. The molecule has 2 saturated heterocycles. The summed E-state index contributed by atoms with van der Waals surface area (Å²) in [4.78, 5) is 9.85. The van der Waals surface area contributed by atoms with Crippen molar-refractivity contribution in [3.63, 3.8) is 0 Å². The number of ether oxygens (including phenoxy) is 3. The van der Waals surface area contributed by atoms with Crippen LogP contribution in [0.1, 0.15) is 48.4 Å². The number of H-pyrrole nitrogens is 1. The molecule has 4 heterocycles. The van der Waals surface area contributed by atoms with Gasteiger partial charge in [-0.25, -0.2) is 18.2 Å². The monoisotopic (exact) mass is 515 g/mol. The SMILES string of the molecule is COc1cc(C)c2[nH]ccc2c1CN1CCC2(C[C@H]1c1cnc(OCC3COC3)c(F)c1)CC(F)(F)C2. The second-order valence-corrected chi connectivity index (χ2v) is 11.1. The van der Waals surface area contributed by atoms with Gasteiger partial charge in [-0.2, -0.15) is 0 Å². The Balaban J connectivity index is 1.30. The second kappa shape index (κ2) is 9.20. The molecule has 1 saturated carbocycles. The van der Waals surface area contributed by atoms with E-state index in [0.29, 0.717) is 51.3 Å². The van der Waals surface area contributed by atoms with E-state index in [0.717, 1.165) is 27.8 Å². The molecule has 1 aromatic carbocycles. The molecule has 3 aliphatic rings. The number of aromatic amines is 1. The molecule has 6 rings (SSSR count). The van der Waals surface area contributed by atoms with Crippen LogP contribution in [-0.4, -0.2) is 54.3 Å². The Labute approximate surface area is 214 Å². The van der Waals surface area contributed by atoms with Crippen LogP contribution in [0.15, 0.2) is 30.6 Å². The van der Waals surface area contributed by atoms with Gasteiger partial charge < -0.3 is 19.2 Å². The summed E-state index contributed by atoms with van der Waals surface area (Å²) in [6.45, 7) is 4.80. The van der Waals surface area contributed by atoms with Gasteiger partial charge in [-0.05, 0) is 61.1 Å². The van der Waals surface area contributed by atoms with E-state index in [1.165, 1.54) is 6.07 Å². The lowest BCUT2D eigenvalue weighted by atomic mass is 9.59. The van der Waals surface area contributed by atoms with Crippen LogP contribution in [0.3, 0.4) is 0 Å². The molecule has 0 bridgehead atoms. The van der Waals surface area contributed by atoms with Crippen LogP contribution in [0.2, 0.25) is 0 Å². The van der Waals surface area contributed by atoms with Crippen molar-refractivity contribution in [2.24, 2.45) is 11.3 Å². The number of nitrogens with zero attached hydrogens (tertiary/aromatic N) is 2. The van der Waals surface area contributed by atoms with Crippen LogP contribution >= 0.6 is 0 Å². The highest BCUT2D eigenvalue weighted by molar-refractivity contribution is 5.88. The quantitative estimate of drug-likeness (QED) is 0.431. The van der Waals surface area contributed by atoms with E-state index >= 15 is 4.39 Å². The minimum absolute atomic E-state index is 0.0304. The maximum atomic E-state index is 15.1. The van der Waals surface area contributed by atoms with E-state index in [9.17, 15) is 8.78 Å². The number of methoxy groups -OCH3 is 1. The van der Waals surface area contributed by atoms with Crippen molar-refractivity contribution in [2.75, 3.05) is 33.5 Å². The molecule has 1 aliphatic carbocycles. The number of hydrogen-bond donors (Lipinski definition) is 1. The summed E-state index contributed by atoms with van der Waals surface area (Å²) >= 11 is 0. The first-order chi connectivity index (χ1) is 17.8. The zero-order chi connectivity index (χ0) is 25.8. The third-order valence-electron chi connectivity index (χ3n) is 8.33. The molecule has 1 spiro atoms. The number of benzene rings is 1. The topological polar surface area (TPSA) is 59.6 Å². The summed E-state index contributed by atoms with van der Waals surface area (Å²) in [6.07, 6.45) is 4.55. The predicted octanol–water partition coefficient (Wildman–Crippen LogP) is 5.80. The number of fused-ring (bicyclic) bond motifs is 1. The number of hydrogen-bond acceptors (Lipinski definition) is 5. The number of halogens is 3. The van der Waals surface area contributed by atoms with Gasteiger partial charge in [-0.1, -0.05) is 0 Å². The Morgan fingerprint density at radius 1 is 1.24 bits per heavy atom. The fourth-order valence-corrected chi connectivity index (χ4v) is 6.35. The molecule has 3 fully saturated rings. The van der Waals surface area contributed by atoms with Gasteiger partial charge in [-0.15, -0.1) is 0 Å². The predicted molar refractivity (Wildman–Crippen MR) is 133 cm³/mol. The van der Waals surface area contributed by atoms with Crippen LogP contribution in [0, 0.1) is 24.1 Å². The molecule has 2 aliphatic heterocycles. The number of pyridine rings is 1. The van der Waals surface area contributed by atoms with Gasteiger partial charge in [0.15, 0.2) is 5.82 Å². The van der Waals surface area contributed by atoms with Crippen molar-refractivity contribution in [3.8, 4) is 11.6 Å². The molecule has 0 radical (unpaired) electrons. The van der Waals surface area contributed by atoms with Gasteiger partial charge in [0, 0.05) is 60.2 Å². The number of alkyl halides is 2. The van der Waals surface area contributed by atoms with Crippen LogP contribution < -0.4 is 9.47 Å². The third-order valence-corrected chi connectivity index (χ3v) is 8.33. The Morgan fingerprint density at radius 3 is 2.73 bits per heavy atom. The standard InChI is InChI=1S/C28H32F3N3O3/c1-17-7-24(35-2)21(20-3-5-32-25(17)20)11-34-6-4-27(15-28(30,31)16-27)9-23(34)19-8-22(29)26(33-10-19)37-14-18-12-36-13-18/h3,5,7-8,10,18,23,32H,4,6,9,11-16H2,1-2H3/t23-/m0/s1. The number of aromatic nitrogens is 2. The van der Waals surface area contributed by atoms with Gasteiger partial charge in [0.25, 0.3) is 0 Å². The van der Waals surface area contributed by atoms with Crippen molar-refractivity contribution < 1.29 is 27.4 Å². The molecule has 1 atom stereocenters. The first-order valence-corrected chi connectivity index (χ1v) is 12.9. The second-order valence-electron chi connectivity index (χ2n) is 11.1. The highest BCUT2D eigenvalue weighted by Crippen LogP contribution is 2.60. The Morgan fingerprint density at radius 2 is 2.05 bits per heavy atom. The molecule has 0 amide bonds. The number of nitrogens with one attached hydrogen (secondary N) is 1. The van der Waals surface area contributed by atoms with E-state index in [2.05, 4.69) is 14.9 Å². The van der Waals surface area contributed by atoms with Gasteiger partial charge in [0.1, 0.15) is 5.75 Å². The van der Waals surface area contributed by atoms with E-state index in [1.807, 2.05) is 25.3 Å². The first kappa shape index (κ1) is 24.6. The number of likely N-dealkylation sites (tertiary alicyclic amines) is 1. The first-order valence-electron chi connectivity index (χ1n) is 12.9. The Hall–Kier alpha value is -2.78. The molecule has 1 N–H and O–H groups in total. The summed E-state index contributed by atoms with van der Waals surface area (Å²) in [5.74, 6) is -2.14. The van der Waals surface area contributed by atoms with Crippen LogP contribution in [0.4, 0.5) is 13.2 Å². The minimum atomic E-state index is -2.61. The normalized spacial score (nSPS) is 23.1. The van der Waals surface area contributed by atoms with E-state index in [4.69, 9.17) is 14.2 Å². The lowest BCUT2D eigenvalue weighted by Crippen LogP contribution is -2.53. The average molecular weight is 516 g/mol. The molecule has 0 unspecified atom stereocenters. The maximum Gasteiger partial charge on any atom is 0.250 e. The molecular formula is C28H32F3N3O3. The third kappa shape index (κ3) is 4.56. The van der Waals surface area contributed by atoms with Crippen molar-refractivity contribution >= 4 is 10.9 Å².